The lowest BCUT2D eigenvalue weighted by atomic mass is 10.2. The molecule has 19 heavy (non-hydrogen) atoms. The Morgan fingerprint density at radius 2 is 2.16 bits per heavy atom. The van der Waals surface area contributed by atoms with Gasteiger partial charge < -0.3 is 10.5 Å². The number of pyridine rings is 1. The van der Waals surface area contributed by atoms with Crippen molar-refractivity contribution in [1.82, 2.24) is 4.98 Å². The Balaban J connectivity index is 2.23. The molecule has 2 rings (SSSR count). The van der Waals surface area contributed by atoms with E-state index in [1.165, 1.54) is 0 Å². The van der Waals surface area contributed by atoms with Crippen molar-refractivity contribution in [2.24, 2.45) is 5.73 Å². The van der Waals surface area contributed by atoms with Crippen molar-refractivity contribution >= 4 is 17.4 Å². The van der Waals surface area contributed by atoms with Gasteiger partial charge >= 0.3 is 0 Å². The maximum absolute atomic E-state index is 7.54. The quantitative estimate of drug-likeness (QED) is 0.666. The normalized spacial score (nSPS) is 10.2. The van der Waals surface area contributed by atoms with E-state index in [1.807, 2.05) is 19.1 Å². The first kappa shape index (κ1) is 13.4. The minimum absolute atomic E-state index is 0.113. The Morgan fingerprint density at radius 1 is 1.37 bits per heavy atom. The average molecular weight is 276 g/mol. The Morgan fingerprint density at radius 3 is 2.84 bits per heavy atom. The number of benzene rings is 1. The molecule has 1 aromatic heterocycles. The molecule has 0 saturated heterocycles. The number of aryl methyl sites for hydroxylation is 1. The van der Waals surface area contributed by atoms with E-state index < -0.39 is 0 Å². The van der Waals surface area contributed by atoms with Gasteiger partial charge in [0.1, 0.15) is 18.2 Å². The minimum atomic E-state index is -0.113. The molecule has 0 aliphatic heterocycles. The van der Waals surface area contributed by atoms with Crippen LogP contribution in [0.1, 0.15) is 16.8 Å². The number of halogens is 1. The van der Waals surface area contributed by atoms with Crippen LogP contribution >= 0.6 is 11.6 Å². The summed E-state index contributed by atoms with van der Waals surface area (Å²) in [6.45, 7) is 2.28. The molecule has 5 heteroatoms. The summed E-state index contributed by atoms with van der Waals surface area (Å²) in [5.74, 6) is 0.378. The highest BCUT2D eigenvalue weighted by atomic mass is 35.5. The zero-order valence-corrected chi connectivity index (χ0v) is 11.2. The van der Waals surface area contributed by atoms with Gasteiger partial charge in [-0.2, -0.15) is 0 Å². The van der Waals surface area contributed by atoms with Crippen molar-refractivity contribution in [1.29, 1.82) is 5.41 Å². The molecule has 0 aliphatic carbocycles. The smallest absolute Gasteiger partial charge is 0.132 e. The number of hydrogen-bond donors (Lipinski definition) is 2. The van der Waals surface area contributed by atoms with E-state index in [1.54, 1.807) is 24.4 Å². The van der Waals surface area contributed by atoms with E-state index in [-0.39, 0.29) is 5.84 Å². The molecule has 0 radical (unpaired) electrons. The fourth-order valence-electron chi connectivity index (χ4n) is 1.70. The molecule has 3 N–H and O–H groups in total. The van der Waals surface area contributed by atoms with Crippen LogP contribution in [0.5, 0.6) is 5.75 Å². The molecule has 0 bridgehead atoms. The van der Waals surface area contributed by atoms with Crippen LogP contribution in [0.15, 0.2) is 36.5 Å². The van der Waals surface area contributed by atoms with Gasteiger partial charge in [0.15, 0.2) is 0 Å². The standard InChI is InChI=1S/C14H14ClN3O/c1-9-4-3-7-18-11(9)8-19-12-6-2-5-10(15)13(12)14(16)17/h2-7H,8H2,1H3,(H3,16,17). The number of nitrogens with zero attached hydrogens (tertiary/aromatic N) is 1. The van der Waals surface area contributed by atoms with Crippen LogP contribution in [0.25, 0.3) is 0 Å². The van der Waals surface area contributed by atoms with Gasteiger partial charge in [-0.05, 0) is 30.7 Å². The Bertz CT molecular complexity index is 613. The summed E-state index contributed by atoms with van der Waals surface area (Å²) < 4.78 is 5.68. The largest absolute Gasteiger partial charge is 0.486 e. The molecule has 98 valence electrons. The molecule has 0 amide bonds. The number of ether oxygens (including phenoxy) is 1. The topological polar surface area (TPSA) is 72.0 Å². The Kier molecular flexibility index (Phi) is 4.02. The molecule has 0 atom stereocenters. The van der Waals surface area contributed by atoms with Crippen molar-refractivity contribution in [2.75, 3.05) is 0 Å². The highest BCUT2D eigenvalue weighted by molar-refractivity contribution is 6.34. The zero-order valence-electron chi connectivity index (χ0n) is 10.5. The third-order valence-electron chi connectivity index (χ3n) is 2.73. The van der Waals surface area contributed by atoms with Crippen LogP contribution in [0.3, 0.4) is 0 Å². The number of hydrogen-bond acceptors (Lipinski definition) is 3. The molecule has 0 fully saturated rings. The summed E-state index contributed by atoms with van der Waals surface area (Å²) in [5, 5.41) is 7.95. The molecule has 1 heterocycles. The molecular formula is C14H14ClN3O. The van der Waals surface area contributed by atoms with Gasteiger partial charge in [-0.1, -0.05) is 23.7 Å². The summed E-state index contributed by atoms with van der Waals surface area (Å²) in [6, 6.07) is 9.02. The first-order valence-corrected chi connectivity index (χ1v) is 6.13. The monoisotopic (exact) mass is 275 g/mol. The molecule has 2 aromatic rings. The van der Waals surface area contributed by atoms with E-state index in [0.29, 0.717) is 22.9 Å². The second-order valence-corrected chi connectivity index (χ2v) is 4.49. The van der Waals surface area contributed by atoms with Crippen LogP contribution in [-0.4, -0.2) is 10.8 Å². The van der Waals surface area contributed by atoms with Gasteiger partial charge in [0, 0.05) is 6.20 Å². The minimum Gasteiger partial charge on any atom is -0.486 e. The molecule has 0 unspecified atom stereocenters. The molecule has 1 aromatic carbocycles. The lowest BCUT2D eigenvalue weighted by Crippen LogP contribution is -2.14. The van der Waals surface area contributed by atoms with E-state index >= 15 is 0 Å². The van der Waals surface area contributed by atoms with Gasteiger partial charge in [-0.25, -0.2) is 0 Å². The van der Waals surface area contributed by atoms with Gasteiger partial charge in [-0.15, -0.1) is 0 Å². The van der Waals surface area contributed by atoms with Crippen molar-refractivity contribution in [3.8, 4) is 5.75 Å². The van der Waals surface area contributed by atoms with E-state index in [9.17, 15) is 0 Å². The number of aromatic nitrogens is 1. The van der Waals surface area contributed by atoms with Gasteiger partial charge in [0.25, 0.3) is 0 Å². The molecule has 0 spiro atoms. The highest BCUT2D eigenvalue weighted by Crippen LogP contribution is 2.26. The fourth-order valence-corrected chi connectivity index (χ4v) is 1.97. The lowest BCUT2D eigenvalue weighted by Gasteiger charge is -2.12. The van der Waals surface area contributed by atoms with Crippen LogP contribution in [0.2, 0.25) is 5.02 Å². The lowest BCUT2D eigenvalue weighted by molar-refractivity contribution is 0.300. The summed E-state index contributed by atoms with van der Waals surface area (Å²) in [4.78, 5) is 4.25. The van der Waals surface area contributed by atoms with Crippen LogP contribution in [0, 0.1) is 12.3 Å². The van der Waals surface area contributed by atoms with Crippen molar-refractivity contribution < 1.29 is 4.74 Å². The molecular weight excluding hydrogens is 262 g/mol. The van der Waals surface area contributed by atoms with Gasteiger partial charge in [-0.3, -0.25) is 10.4 Å². The highest BCUT2D eigenvalue weighted by Gasteiger charge is 2.11. The number of rotatable bonds is 4. The second-order valence-electron chi connectivity index (χ2n) is 4.08. The average Bonchev–Trinajstić information content (AvgIpc) is 2.37. The van der Waals surface area contributed by atoms with Crippen molar-refractivity contribution in [3.05, 3.63) is 58.4 Å². The molecule has 0 saturated carbocycles. The van der Waals surface area contributed by atoms with E-state index in [2.05, 4.69) is 4.98 Å². The Hall–Kier alpha value is -2.07. The number of amidine groups is 1. The summed E-state index contributed by atoms with van der Waals surface area (Å²) >= 11 is 6.02. The van der Waals surface area contributed by atoms with E-state index in [0.717, 1.165) is 11.3 Å². The molecule has 4 nitrogen and oxygen atoms in total. The Labute approximate surface area is 116 Å². The second kappa shape index (κ2) is 5.71. The van der Waals surface area contributed by atoms with Crippen molar-refractivity contribution in [3.63, 3.8) is 0 Å². The number of nitrogens with one attached hydrogen (secondary N) is 1. The third-order valence-corrected chi connectivity index (χ3v) is 3.04. The molecule has 0 aliphatic rings. The SMILES string of the molecule is Cc1cccnc1COc1cccc(Cl)c1C(=N)N. The fraction of sp³-hybridized carbons (Fsp3) is 0.143. The van der Waals surface area contributed by atoms with Crippen LogP contribution in [0.4, 0.5) is 0 Å². The van der Waals surface area contributed by atoms with E-state index in [4.69, 9.17) is 27.5 Å². The van der Waals surface area contributed by atoms with Crippen molar-refractivity contribution in [2.45, 2.75) is 13.5 Å². The number of nitrogen functional groups attached to an aromatic ring is 1. The predicted molar refractivity (Wildman–Crippen MR) is 75.8 cm³/mol. The summed E-state index contributed by atoms with van der Waals surface area (Å²) in [5.41, 5.74) is 7.83. The van der Waals surface area contributed by atoms with Crippen LogP contribution < -0.4 is 10.5 Å². The maximum Gasteiger partial charge on any atom is 0.132 e. The van der Waals surface area contributed by atoms with Crippen LogP contribution in [-0.2, 0) is 6.61 Å². The van der Waals surface area contributed by atoms with Gasteiger partial charge in [0.05, 0.1) is 16.3 Å². The third kappa shape index (κ3) is 3.03. The summed E-state index contributed by atoms with van der Waals surface area (Å²) in [7, 11) is 0. The van der Waals surface area contributed by atoms with Gasteiger partial charge in [0.2, 0.25) is 0 Å². The summed E-state index contributed by atoms with van der Waals surface area (Å²) in [6.07, 6.45) is 1.72. The number of nitrogens with two attached hydrogens (primary N) is 1. The first-order valence-electron chi connectivity index (χ1n) is 5.76. The zero-order chi connectivity index (χ0) is 13.8. The predicted octanol–water partition coefficient (Wildman–Crippen LogP) is 2.91. The first-order chi connectivity index (χ1) is 9.09. The maximum atomic E-state index is 7.54.